The molecular weight excluding hydrogens is 152 g/mol. The van der Waals surface area contributed by atoms with Crippen LogP contribution in [0.5, 0.6) is 0 Å². The lowest BCUT2D eigenvalue weighted by Gasteiger charge is -1.93. The summed E-state index contributed by atoms with van der Waals surface area (Å²) in [5.41, 5.74) is 2.76. The Morgan fingerprint density at radius 3 is 3.08 bits per heavy atom. The normalized spacial score (nSPS) is 10.8. The molecule has 2 heterocycles. The van der Waals surface area contributed by atoms with Crippen LogP contribution >= 0.6 is 0 Å². The van der Waals surface area contributed by atoms with Crippen LogP contribution in [-0.2, 0) is 6.42 Å². The predicted molar refractivity (Wildman–Crippen MR) is 45.9 cm³/mol. The van der Waals surface area contributed by atoms with Crippen molar-refractivity contribution in [2.75, 3.05) is 0 Å². The molecule has 0 amide bonds. The molecule has 62 valence electrons. The number of aromatic nitrogens is 2. The van der Waals surface area contributed by atoms with Crippen molar-refractivity contribution in [3.8, 4) is 0 Å². The second kappa shape index (κ2) is 2.59. The van der Waals surface area contributed by atoms with E-state index in [-0.39, 0.29) is 0 Å². The first kappa shape index (κ1) is 7.28. The molecule has 0 saturated heterocycles. The lowest BCUT2D eigenvalue weighted by molar-refractivity contribution is 0.443. The zero-order valence-electron chi connectivity index (χ0n) is 7.16. The molecule has 0 aliphatic carbocycles. The first-order chi connectivity index (χ1) is 5.81. The van der Waals surface area contributed by atoms with E-state index >= 15 is 0 Å². The quantitative estimate of drug-likeness (QED) is 0.644. The number of hydrogen-bond donors (Lipinski definition) is 0. The molecule has 0 atom stereocenters. The fourth-order valence-corrected chi connectivity index (χ4v) is 1.18. The van der Waals surface area contributed by atoms with Gasteiger partial charge >= 0.3 is 0 Å². The highest BCUT2D eigenvalue weighted by Gasteiger charge is 2.04. The third-order valence-corrected chi connectivity index (χ3v) is 1.97. The summed E-state index contributed by atoms with van der Waals surface area (Å²) in [4.78, 5) is 4.14. The predicted octanol–water partition coefficient (Wildman–Crippen LogP) is 2.09. The number of hydrogen-bond acceptors (Lipinski definition) is 3. The van der Waals surface area contributed by atoms with E-state index < -0.39 is 0 Å². The third-order valence-electron chi connectivity index (χ3n) is 1.97. The van der Waals surface area contributed by atoms with Crippen molar-refractivity contribution >= 4 is 11.1 Å². The van der Waals surface area contributed by atoms with E-state index in [0.29, 0.717) is 5.71 Å². The van der Waals surface area contributed by atoms with Crippen LogP contribution in [0, 0.1) is 6.92 Å². The van der Waals surface area contributed by atoms with Crippen molar-refractivity contribution in [1.82, 2.24) is 10.1 Å². The van der Waals surface area contributed by atoms with Gasteiger partial charge in [-0.2, -0.15) is 0 Å². The first-order valence-electron chi connectivity index (χ1n) is 4.02. The number of nitrogens with zero attached hydrogens (tertiary/aromatic N) is 2. The van der Waals surface area contributed by atoms with E-state index in [1.165, 1.54) is 5.56 Å². The average molecular weight is 162 g/mol. The maximum atomic E-state index is 4.99. The van der Waals surface area contributed by atoms with Crippen LogP contribution in [0.3, 0.4) is 0 Å². The van der Waals surface area contributed by atoms with Crippen molar-refractivity contribution in [3.05, 3.63) is 23.5 Å². The largest absolute Gasteiger partial charge is 0.336 e. The number of pyridine rings is 1. The Kier molecular flexibility index (Phi) is 1.57. The topological polar surface area (TPSA) is 38.9 Å². The monoisotopic (exact) mass is 162 g/mol. The number of aryl methyl sites for hydroxylation is 2. The summed E-state index contributed by atoms with van der Waals surface area (Å²) in [5, 5.41) is 4.86. The van der Waals surface area contributed by atoms with E-state index in [9.17, 15) is 0 Å². The van der Waals surface area contributed by atoms with E-state index in [1.807, 2.05) is 13.1 Å². The van der Waals surface area contributed by atoms with Gasteiger partial charge in [0.25, 0.3) is 5.71 Å². The minimum atomic E-state index is 0.629. The molecule has 0 unspecified atom stereocenters. The van der Waals surface area contributed by atoms with Gasteiger partial charge in [-0.25, -0.2) is 4.98 Å². The molecule has 0 aliphatic rings. The molecule has 0 aliphatic heterocycles. The van der Waals surface area contributed by atoms with Crippen LogP contribution in [0.4, 0.5) is 0 Å². The van der Waals surface area contributed by atoms with Gasteiger partial charge in [0.1, 0.15) is 0 Å². The van der Waals surface area contributed by atoms with Gasteiger partial charge in [-0.3, -0.25) is 0 Å². The summed E-state index contributed by atoms with van der Waals surface area (Å²) in [7, 11) is 0. The molecule has 0 fully saturated rings. The molecule has 0 radical (unpaired) electrons. The first-order valence-corrected chi connectivity index (χ1v) is 4.02. The van der Waals surface area contributed by atoms with E-state index in [2.05, 4.69) is 23.1 Å². The van der Waals surface area contributed by atoms with Crippen LogP contribution in [0.1, 0.15) is 18.2 Å². The lowest BCUT2D eigenvalue weighted by Crippen LogP contribution is -1.82. The molecule has 2 aromatic rings. The van der Waals surface area contributed by atoms with Crippen LogP contribution in [0.25, 0.3) is 11.1 Å². The van der Waals surface area contributed by atoms with Crippen molar-refractivity contribution < 1.29 is 4.52 Å². The van der Waals surface area contributed by atoms with E-state index in [0.717, 1.165) is 17.5 Å². The minimum absolute atomic E-state index is 0.629. The second-order valence-electron chi connectivity index (χ2n) is 2.82. The highest BCUT2D eigenvalue weighted by atomic mass is 16.5. The number of fused-ring (bicyclic) bond motifs is 1. The Labute approximate surface area is 70.4 Å². The summed E-state index contributed by atoms with van der Waals surface area (Å²) in [6.07, 6.45) is 2.82. The Balaban J connectivity index is 2.71. The van der Waals surface area contributed by atoms with Crippen molar-refractivity contribution in [2.24, 2.45) is 0 Å². The van der Waals surface area contributed by atoms with Gasteiger partial charge in [0.2, 0.25) is 0 Å². The molecule has 0 spiro atoms. The maximum Gasteiger partial charge on any atom is 0.257 e. The smallest absolute Gasteiger partial charge is 0.257 e. The molecule has 2 rings (SSSR count). The van der Waals surface area contributed by atoms with Gasteiger partial charge in [0.15, 0.2) is 0 Å². The summed E-state index contributed by atoms with van der Waals surface area (Å²) in [5.74, 6) is 0. The van der Waals surface area contributed by atoms with Gasteiger partial charge in [-0.05, 0) is 25.0 Å². The molecule has 2 aromatic heterocycles. The van der Waals surface area contributed by atoms with Crippen LogP contribution in [0.2, 0.25) is 0 Å². The van der Waals surface area contributed by atoms with Gasteiger partial charge in [0, 0.05) is 6.20 Å². The zero-order valence-corrected chi connectivity index (χ0v) is 7.16. The summed E-state index contributed by atoms with van der Waals surface area (Å²) in [6.45, 7) is 4.03. The second-order valence-corrected chi connectivity index (χ2v) is 2.82. The van der Waals surface area contributed by atoms with Gasteiger partial charge in [0.05, 0.1) is 11.1 Å². The molecular formula is C9H10N2O. The number of rotatable bonds is 1. The average Bonchev–Trinajstić information content (AvgIpc) is 2.47. The minimum Gasteiger partial charge on any atom is -0.336 e. The Bertz CT molecular complexity index is 406. The maximum absolute atomic E-state index is 4.99. The molecule has 0 N–H and O–H groups in total. The molecule has 0 bridgehead atoms. The summed E-state index contributed by atoms with van der Waals surface area (Å²) >= 11 is 0. The molecule has 0 aromatic carbocycles. The van der Waals surface area contributed by atoms with Crippen LogP contribution < -0.4 is 0 Å². The standard InChI is InChI=1S/C9H10N2O/c1-3-7-4-8-6(2)11-12-9(8)10-5-7/h4-5H,3H2,1-2H3. The fraction of sp³-hybridized carbons (Fsp3) is 0.333. The lowest BCUT2D eigenvalue weighted by atomic mass is 10.2. The van der Waals surface area contributed by atoms with Crippen molar-refractivity contribution in [2.45, 2.75) is 20.3 Å². The fourth-order valence-electron chi connectivity index (χ4n) is 1.18. The van der Waals surface area contributed by atoms with Crippen molar-refractivity contribution in [3.63, 3.8) is 0 Å². The van der Waals surface area contributed by atoms with Gasteiger partial charge in [-0.15, -0.1) is 0 Å². The van der Waals surface area contributed by atoms with E-state index in [1.54, 1.807) is 0 Å². The van der Waals surface area contributed by atoms with Crippen LogP contribution in [-0.4, -0.2) is 10.1 Å². The Hall–Kier alpha value is -1.38. The van der Waals surface area contributed by atoms with Gasteiger partial charge < -0.3 is 4.52 Å². The zero-order chi connectivity index (χ0) is 8.55. The molecule has 3 nitrogen and oxygen atoms in total. The molecule has 0 saturated carbocycles. The van der Waals surface area contributed by atoms with Crippen LogP contribution in [0.15, 0.2) is 16.8 Å². The van der Waals surface area contributed by atoms with Gasteiger partial charge in [-0.1, -0.05) is 12.1 Å². The summed E-state index contributed by atoms with van der Waals surface area (Å²) in [6, 6.07) is 2.08. The summed E-state index contributed by atoms with van der Waals surface area (Å²) < 4.78 is 4.99. The Morgan fingerprint density at radius 1 is 1.50 bits per heavy atom. The molecule has 12 heavy (non-hydrogen) atoms. The molecule has 3 heteroatoms. The van der Waals surface area contributed by atoms with E-state index in [4.69, 9.17) is 4.52 Å². The SMILES string of the molecule is CCc1cnc2onc(C)c2c1. The highest BCUT2D eigenvalue weighted by Crippen LogP contribution is 2.16. The Morgan fingerprint density at radius 2 is 2.33 bits per heavy atom. The third kappa shape index (κ3) is 0.978. The highest BCUT2D eigenvalue weighted by molar-refractivity contribution is 5.75. The van der Waals surface area contributed by atoms with Crippen molar-refractivity contribution in [1.29, 1.82) is 0 Å².